The zero-order valence-electron chi connectivity index (χ0n) is 15.5. The Morgan fingerprint density at radius 2 is 1.80 bits per heavy atom. The van der Waals surface area contributed by atoms with E-state index in [1.807, 2.05) is 19.1 Å². The minimum Gasteiger partial charge on any atom is -0.462 e. The summed E-state index contributed by atoms with van der Waals surface area (Å²) < 4.78 is 5.06. The van der Waals surface area contributed by atoms with E-state index in [9.17, 15) is 9.59 Å². The maximum atomic E-state index is 12.6. The third kappa shape index (κ3) is 4.10. The molecule has 5 heteroatoms. The summed E-state index contributed by atoms with van der Waals surface area (Å²) >= 11 is 0. The molecule has 0 saturated carbocycles. The second-order valence-corrected chi connectivity index (χ2v) is 6.14. The van der Waals surface area contributed by atoms with Gasteiger partial charge in [0.05, 0.1) is 18.2 Å². The number of hydrogen-bond donors (Lipinski definition) is 2. The number of aromatic nitrogens is 1. The van der Waals surface area contributed by atoms with Gasteiger partial charge in [-0.05, 0) is 50.8 Å². The number of H-pyrrole nitrogens is 1. The van der Waals surface area contributed by atoms with Gasteiger partial charge in [-0.3, -0.25) is 4.79 Å². The Kier molecular flexibility index (Phi) is 6.02. The number of rotatable bonds is 6. The van der Waals surface area contributed by atoms with E-state index in [0.29, 0.717) is 29.1 Å². The molecule has 5 nitrogen and oxygen atoms in total. The van der Waals surface area contributed by atoms with Crippen LogP contribution in [0.5, 0.6) is 0 Å². The maximum Gasteiger partial charge on any atom is 0.340 e. The molecular formula is C20H26N2O3. The molecule has 0 aliphatic carbocycles. The summed E-state index contributed by atoms with van der Waals surface area (Å²) in [7, 11) is 0. The largest absolute Gasteiger partial charge is 0.462 e. The summed E-state index contributed by atoms with van der Waals surface area (Å²) in [6.07, 6.45) is 0.985. The average Bonchev–Trinajstić information content (AvgIpc) is 2.89. The summed E-state index contributed by atoms with van der Waals surface area (Å²) in [6, 6.07) is 8.07. The van der Waals surface area contributed by atoms with Crippen LogP contribution in [0.15, 0.2) is 24.3 Å². The minimum absolute atomic E-state index is 0.132. The molecule has 0 saturated heterocycles. The van der Waals surface area contributed by atoms with E-state index in [4.69, 9.17) is 4.74 Å². The van der Waals surface area contributed by atoms with Crippen molar-refractivity contribution < 1.29 is 14.3 Å². The van der Waals surface area contributed by atoms with Crippen LogP contribution in [0.2, 0.25) is 0 Å². The van der Waals surface area contributed by atoms with Crippen LogP contribution in [0, 0.1) is 13.8 Å². The van der Waals surface area contributed by atoms with E-state index in [1.54, 1.807) is 20.8 Å². The van der Waals surface area contributed by atoms with E-state index in [2.05, 4.69) is 29.4 Å². The molecule has 0 spiro atoms. The highest BCUT2D eigenvalue weighted by atomic mass is 16.5. The van der Waals surface area contributed by atoms with Gasteiger partial charge in [0.15, 0.2) is 0 Å². The molecule has 1 atom stereocenters. The Morgan fingerprint density at radius 1 is 1.16 bits per heavy atom. The standard InChI is InChI=1S/C20H26N2O3/c1-6-15-8-10-16(11-9-15)13(4)22-19(23)18-12(3)17(14(5)21-18)20(24)25-7-2/h8-11,13,21H,6-7H2,1-5H3,(H,22,23). The van der Waals surface area contributed by atoms with E-state index >= 15 is 0 Å². The van der Waals surface area contributed by atoms with Gasteiger partial charge in [-0.1, -0.05) is 31.2 Å². The van der Waals surface area contributed by atoms with E-state index in [1.165, 1.54) is 5.56 Å². The topological polar surface area (TPSA) is 71.2 Å². The van der Waals surface area contributed by atoms with Crippen molar-refractivity contribution in [3.63, 3.8) is 0 Å². The van der Waals surface area contributed by atoms with Gasteiger partial charge in [0.25, 0.3) is 5.91 Å². The number of aromatic amines is 1. The van der Waals surface area contributed by atoms with Gasteiger partial charge in [0.2, 0.25) is 0 Å². The van der Waals surface area contributed by atoms with Gasteiger partial charge in [0.1, 0.15) is 5.69 Å². The fraction of sp³-hybridized carbons (Fsp3) is 0.400. The number of aryl methyl sites for hydroxylation is 2. The van der Waals surface area contributed by atoms with Crippen molar-refractivity contribution in [2.24, 2.45) is 0 Å². The number of hydrogen-bond acceptors (Lipinski definition) is 3. The Hall–Kier alpha value is -2.56. The third-order valence-electron chi connectivity index (χ3n) is 4.38. The van der Waals surface area contributed by atoms with Crippen LogP contribution in [0.4, 0.5) is 0 Å². The zero-order chi connectivity index (χ0) is 18.6. The first-order chi connectivity index (χ1) is 11.9. The fourth-order valence-corrected chi connectivity index (χ4v) is 2.88. The Labute approximate surface area is 148 Å². The minimum atomic E-state index is -0.406. The van der Waals surface area contributed by atoms with Crippen LogP contribution < -0.4 is 5.32 Å². The van der Waals surface area contributed by atoms with Crippen molar-refractivity contribution in [3.05, 3.63) is 57.9 Å². The fourth-order valence-electron chi connectivity index (χ4n) is 2.88. The molecule has 1 aromatic heterocycles. The van der Waals surface area contributed by atoms with Crippen molar-refractivity contribution in [2.45, 2.75) is 47.1 Å². The maximum absolute atomic E-state index is 12.6. The summed E-state index contributed by atoms with van der Waals surface area (Å²) in [4.78, 5) is 27.7. The number of carbonyl (C=O) groups excluding carboxylic acids is 2. The SMILES string of the molecule is CCOC(=O)c1c(C)[nH]c(C(=O)NC(C)c2ccc(CC)cc2)c1C. The van der Waals surface area contributed by atoms with Crippen molar-refractivity contribution in [1.29, 1.82) is 0 Å². The van der Waals surface area contributed by atoms with Gasteiger partial charge in [-0.2, -0.15) is 0 Å². The second kappa shape index (κ2) is 8.01. The number of benzene rings is 1. The number of nitrogens with one attached hydrogen (secondary N) is 2. The monoisotopic (exact) mass is 342 g/mol. The summed E-state index contributed by atoms with van der Waals surface area (Å²) in [5.74, 6) is -0.640. The third-order valence-corrected chi connectivity index (χ3v) is 4.38. The highest BCUT2D eigenvalue weighted by molar-refractivity contribution is 6.00. The normalized spacial score (nSPS) is 11.9. The lowest BCUT2D eigenvalue weighted by atomic mass is 10.0. The molecule has 25 heavy (non-hydrogen) atoms. The molecule has 134 valence electrons. The summed E-state index contributed by atoms with van der Waals surface area (Å²) in [6.45, 7) is 9.63. The van der Waals surface area contributed by atoms with Crippen molar-refractivity contribution in [2.75, 3.05) is 6.61 Å². The van der Waals surface area contributed by atoms with Crippen molar-refractivity contribution >= 4 is 11.9 Å². The van der Waals surface area contributed by atoms with Gasteiger partial charge >= 0.3 is 5.97 Å². The lowest BCUT2D eigenvalue weighted by molar-refractivity contribution is 0.0525. The Balaban J connectivity index is 2.17. The number of amides is 1. The quantitative estimate of drug-likeness (QED) is 0.783. The molecule has 1 heterocycles. The van der Waals surface area contributed by atoms with Crippen LogP contribution in [0.1, 0.15) is 70.0 Å². The van der Waals surface area contributed by atoms with Crippen LogP contribution in [0.3, 0.4) is 0 Å². The molecule has 2 rings (SSSR count). The number of esters is 1. The van der Waals surface area contributed by atoms with Crippen molar-refractivity contribution in [1.82, 2.24) is 10.3 Å². The molecule has 1 unspecified atom stereocenters. The van der Waals surface area contributed by atoms with Gasteiger partial charge in [0, 0.05) is 5.69 Å². The predicted octanol–water partition coefficient (Wildman–Crippen LogP) is 3.86. The Morgan fingerprint density at radius 3 is 2.36 bits per heavy atom. The first kappa shape index (κ1) is 18.8. The Bertz CT molecular complexity index is 760. The van der Waals surface area contributed by atoms with Crippen molar-refractivity contribution in [3.8, 4) is 0 Å². The molecule has 2 aromatic rings. The zero-order valence-corrected chi connectivity index (χ0v) is 15.5. The first-order valence-electron chi connectivity index (χ1n) is 8.64. The molecule has 0 aliphatic heterocycles. The highest BCUT2D eigenvalue weighted by Gasteiger charge is 2.23. The van der Waals surface area contributed by atoms with Crippen LogP contribution in [0.25, 0.3) is 0 Å². The molecule has 1 aromatic carbocycles. The van der Waals surface area contributed by atoms with Gasteiger partial charge in [-0.15, -0.1) is 0 Å². The van der Waals surface area contributed by atoms with E-state index in [-0.39, 0.29) is 11.9 Å². The predicted molar refractivity (Wildman–Crippen MR) is 97.9 cm³/mol. The van der Waals surface area contributed by atoms with Gasteiger partial charge in [-0.25, -0.2) is 4.79 Å². The molecule has 0 bridgehead atoms. The number of ether oxygens (including phenoxy) is 1. The molecule has 1 amide bonds. The summed E-state index contributed by atoms with van der Waals surface area (Å²) in [5.41, 5.74) is 4.39. The molecule has 2 N–H and O–H groups in total. The molecule has 0 fully saturated rings. The molecular weight excluding hydrogens is 316 g/mol. The average molecular weight is 342 g/mol. The van der Waals surface area contributed by atoms with Gasteiger partial charge < -0.3 is 15.0 Å². The second-order valence-electron chi connectivity index (χ2n) is 6.14. The smallest absolute Gasteiger partial charge is 0.340 e. The number of carbonyl (C=O) groups is 2. The lowest BCUT2D eigenvalue weighted by Gasteiger charge is -2.14. The first-order valence-corrected chi connectivity index (χ1v) is 8.64. The lowest BCUT2D eigenvalue weighted by Crippen LogP contribution is -2.27. The van der Waals surface area contributed by atoms with Crippen LogP contribution in [-0.2, 0) is 11.2 Å². The van der Waals surface area contributed by atoms with Crippen LogP contribution in [-0.4, -0.2) is 23.5 Å². The molecule has 0 radical (unpaired) electrons. The van der Waals surface area contributed by atoms with E-state index in [0.717, 1.165) is 12.0 Å². The van der Waals surface area contributed by atoms with Crippen LogP contribution >= 0.6 is 0 Å². The van der Waals surface area contributed by atoms with E-state index < -0.39 is 5.97 Å². The molecule has 0 aliphatic rings. The summed E-state index contributed by atoms with van der Waals surface area (Å²) in [5, 5.41) is 2.98. The highest BCUT2D eigenvalue weighted by Crippen LogP contribution is 2.20.